The molecule has 1 N–H and O–H groups in total. The Bertz CT molecular complexity index is 1200. The van der Waals surface area contributed by atoms with E-state index in [0.717, 1.165) is 16.1 Å². The molecule has 0 spiro atoms. The van der Waals surface area contributed by atoms with E-state index in [1.165, 1.54) is 29.5 Å². The molecule has 32 heavy (non-hydrogen) atoms. The number of anilines is 2. The number of amides is 1. The number of methoxy groups -OCH3 is 1. The summed E-state index contributed by atoms with van der Waals surface area (Å²) in [6, 6.07) is 10.6. The third-order valence-electron chi connectivity index (χ3n) is 4.42. The third-order valence-corrected chi connectivity index (χ3v) is 6.93. The van der Waals surface area contributed by atoms with Crippen LogP contribution in [0.5, 0.6) is 5.75 Å². The van der Waals surface area contributed by atoms with Crippen molar-refractivity contribution in [1.29, 1.82) is 0 Å². The van der Waals surface area contributed by atoms with Gasteiger partial charge in [-0.25, -0.2) is 8.42 Å². The van der Waals surface area contributed by atoms with Gasteiger partial charge in [-0.2, -0.15) is 0 Å². The van der Waals surface area contributed by atoms with Crippen molar-refractivity contribution in [2.45, 2.75) is 19.4 Å². The lowest BCUT2D eigenvalue weighted by Crippen LogP contribution is -2.47. The number of carbonyl (C=O) groups is 1. The molecule has 0 aliphatic carbocycles. The molecule has 2 aromatic carbocycles. The fourth-order valence-corrected chi connectivity index (χ4v) is 5.50. The monoisotopic (exact) mass is 514 g/mol. The molecule has 0 fully saturated rings. The second-order valence-corrected chi connectivity index (χ2v) is 10.5. The predicted octanol–water partition coefficient (Wildman–Crippen LogP) is 4.70. The standard InChI is InChI=1S/C20H20Cl2N4O4S2/c1-4-17(26(32(3,28)29)15-10-13(21)9-14(22)11-15)18(27)23-20-25-24-19(31-20)12-5-7-16(30-2)8-6-12/h5-11,17H,4H2,1-3H3,(H,23,25,27). The smallest absolute Gasteiger partial charge is 0.250 e. The minimum atomic E-state index is -3.83. The van der Waals surface area contributed by atoms with Crippen molar-refractivity contribution >= 4 is 61.3 Å². The van der Waals surface area contributed by atoms with Gasteiger partial charge >= 0.3 is 0 Å². The fraction of sp³-hybridized carbons (Fsp3) is 0.250. The van der Waals surface area contributed by atoms with E-state index in [2.05, 4.69) is 15.5 Å². The van der Waals surface area contributed by atoms with Gasteiger partial charge in [-0.3, -0.25) is 14.4 Å². The molecule has 1 aromatic heterocycles. The Hall–Kier alpha value is -2.40. The predicted molar refractivity (Wildman–Crippen MR) is 128 cm³/mol. The summed E-state index contributed by atoms with van der Waals surface area (Å²) in [6.45, 7) is 1.71. The summed E-state index contributed by atoms with van der Waals surface area (Å²) in [5.74, 6) is 0.158. The van der Waals surface area contributed by atoms with Crippen LogP contribution < -0.4 is 14.4 Å². The largest absolute Gasteiger partial charge is 0.497 e. The Morgan fingerprint density at radius 2 is 1.78 bits per heavy atom. The van der Waals surface area contributed by atoms with E-state index < -0.39 is 22.0 Å². The summed E-state index contributed by atoms with van der Waals surface area (Å²) >= 11 is 13.3. The van der Waals surface area contributed by atoms with Crippen molar-refractivity contribution in [3.63, 3.8) is 0 Å². The topological polar surface area (TPSA) is 101 Å². The third kappa shape index (κ3) is 5.69. The van der Waals surface area contributed by atoms with Gasteiger partial charge in [-0.05, 0) is 48.9 Å². The Kier molecular flexibility index (Phi) is 7.60. The first-order valence-corrected chi connectivity index (χ1v) is 12.8. The molecule has 0 radical (unpaired) electrons. The Morgan fingerprint density at radius 1 is 1.16 bits per heavy atom. The van der Waals surface area contributed by atoms with Gasteiger partial charge < -0.3 is 4.74 Å². The zero-order valence-corrected chi connectivity index (χ0v) is 20.5. The second-order valence-electron chi connectivity index (χ2n) is 6.74. The molecule has 0 bridgehead atoms. The highest BCUT2D eigenvalue weighted by Gasteiger charge is 2.32. The number of ether oxygens (including phenoxy) is 1. The molecule has 0 saturated heterocycles. The van der Waals surface area contributed by atoms with Crippen LogP contribution in [0.4, 0.5) is 10.8 Å². The normalized spacial score (nSPS) is 12.3. The molecule has 170 valence electrons. The summed E-state index contributed by atoms with van der Waals surface area (Å²) < 4.78 is 31.3. The number of benzene rings is 2. The number of sulfonamides is 1. The zero-order chi connectivity index (χ0) is 23.5. The SMILES string of the molecule is CCC(C(=O)Nc1nnc(-c2ccc(OC)cc2)s1)N(c1cc(Cl)cc(Cl)c1)S(C)(=O)=O. The van der Waals surface area contributed by atoms with E-state index in [1.54, 1.807) is 26.2 Å². The average molecular weight is 515 g/mol. The van der Waals surface area contributed by atoms with Crippen LogP contribution in [0, 0.1) is 0 Å². The van der Waals surface area contributed by atoms with Gasteiger partial charge in [-0.15, -0.1) is 10.2 Å². The molecule has 3 rings (SSSR count). The number of carbonyl (C=O) groups excluding carboxylic acids is 1. The Labute approximate surface area is 200 Å². The lowest BCUT2D eigenvalue weighted by molar-refractivity contribution is -0.117. The number of hydrogen-bond donors (Lipinski definition) is 1. The highest BCUT2D eigenvalue weighted by atomic mass is 35.5. The minimum absolute atomic E-state index is 0.197. The first kappa shape index (κ1) is 24.2. The van der Waals surface area contributed by atoms with E-state index in [1.807, 2.05) is 12.1 Å². The molecule has 1 amide bonds. The minimum Gasteiger partial charge on any atom is -0.497 e. The average Bonchev–Trinajstić information content (AvgIpc) is 3.18. The number of halogens is 2. The number of nitrogens with one attached hydrogen (secondary N) is 1. The van der Waals surface area contributed by atoms with Crippen LogP contribution in [0.25, 0.3) is 10.6 Å². The van der Waals surface area contributed by atoms with Gasteiger partial charge in [0, 0.05) is 15.6 Å². The first-order chi connectivity index (χ1) is 15.1. The van der Waals surface area contributed by atoms with Gasteiger partial charge in [-0.1, -0.05) is 41.5 Å². The van der Waals surface area contributed by atoms with Crippen LogP contribution in [-0.2, 0) is 14.8 Å². The fourth-order valence-electron chi connectivity index (χ4n) is 3.04. The maximum absolute atomic E-state index is 13.0. The molecular weight excluding hydrogens is 495 g/mol. The van der Waals surface area contributed by atoms with Crippen molar-refractivity contribution < 1.29 is 17.9 Å². The molecule has 12 heteroatoms. The molecule has 8 nitrogen and oxygen atoms in total. The van der Waals surface area contributed by atoms with Gasteiger partial charge in [0.25, 0.3) is 0 Å². The number of nitrogens with zero attached hydrogens (tertiary/aromatic N) is 3. The summed E-state index contributed by atoms with van der Waals surface area (Å²) in [4.78, 5) is 13.0. The van der Waals surface area contributed by atoms with Crippen molar-refractivity contribution in [3.05, 3.63) is 52.5 Å². The lowest BCUT2D eigenvalue weighted by Gasteiger charge is -2.30. The molecule has 1 atom stereocenters. The molecule has 1 heterocycles. The molecule has 0 saturated carbocycles. The van der Waals surface area contributed by atoms with Gasteiger partial charge in [0.05, 0.1) is 19.1 Å². The summed E-state index contributed by atoms with van der Waals surface area (Å²) in [5.41, 5.74) is 1.00. The highest BCUT2D eigenvalue weighted by molar-refractivity contribution is 7.92. The van der Waals surface area contributed by atoms with E-state index in [-0.39, 0.29) is 27.3 Å². The maximum Gasteiger partial charge on any atom is 0.250 e. The van der Waals surface area contributed by atoms with Crippen LogP contribution in [-0.4, -0.2) is 43.9 Å². The van der Waals surface area contributed by atoms with E-state index >= 15 is 0 Å². The van der Waals surface area contributed by atoms with Crippen LogP contribution in [0.3, 0.4) is 0 Å². The number of aromatic nitrogens is 2. The van der Waals surface area contributed by atoms with Crippen LogP contribution in [0.15, 0.2) is 42.5 Å². The van der Waals surface area contributed by atoms with Crippen LogP contribution in [0.2, 0.25) is 10.0 Å². The zero-order valence-electron chi connectivity index (χ0n) is 17.4. The lowest BCUT2D eigenvalue weighted by atomic mass is 10.2. The van der Waals surface area contributed by atoms with E-state index in [9.17, 15) is 13.2 Å². The van der Waals surface area contributed by atoms with Gasteiger partial charge in [0.2, 0.25) is 21.1 Å². The Morgan fingerprint density at radius 3 is 2.31 bits per heavy atom. The molecule has 0 aliphatic heterocycles. The maximum atomic E-state index is 13.0. The van der Waals surface area contributed by atoms with Crippen LogP contribution in [0.1, 0.15) is 13.3 Å². The highest BCUT2D eigenvalue weighted by Crippen LogP contribution is 2.31. The molecule has 3 aromatic rings. The molecule has 0 aliphatic rings. The van der Waals surface area contributed by atoms with Crippen LogP contribution >= 0.6 is 34.5 Å². The quantitative estimate of drug-likeness (QED) is 0.467. The molecule has 1 unspecified atom stereocenters. The van der Waals surface area contributed by atoms with Gasteiger partial charge in [0.1, 0.15) is 16.8 Å². The van der Waals surface area contributed by atoms with E-state index in [4.69, 9.17) is 27.9 Å². The second kappa shape index (κ2) is 10.0. The van der Waals surface area contributed by atoms with E-state index in [0.29, 0.717) is 10.8 Å². The van der Waals surface area contributed by atoms with Crippen molar-refractivity contribution in [1.82, 2.24) is 10.2 Å². The van der Waals surface area contributed by atoms with Crippen molar-refractivity contribution in [2.24, 2.45) is 0 Å². The van der Waals surface area contributed by atoms with Gasteiger partial charge in [0.15, 0.2) is 0 Å². The number of rotatable bonds is 8. The first-order valence-electron chi connectivity index (χ1n) is 9.36. The summed E-state index contributed by atoms with van der Waals surface area (Å²) in [5, 5.41) is 12.1. The van der Waals surface area contributed by atoms with Crippen molar-refractivity contribution in [3.8, 4) is 16.3 Å². The Balaban J connectivity index is 1.86. The number of hydrogen-bond acceptors (Lipinski definition) is 7. The summed E-state index contributed by atoms with van der Waals surface area (Å²) in [6.07, 6.45) is 1.22. The van der Waals surface area contributed by atoms with Crippen molar-refractivity contribution in [2.75, 3.05) is 23.0 Å². The molecular formula is C20H20Cl2N4O4S2. The summed E-state index contributed by atoms with van der Waals surface area (Å²) in [7, 11) is -2.26.